The first-order chi connectivity index (χ1) is 7.94. The predicted molar refractivity (Wildman–Crippen MR) is 64.5 cm³/mol. The third-order valence-electron chi connectivity index (χ3n) is 3.14. The average Bonchev–Trinajstić information content (AvgIpc) is 2.75. The van der Waals surface area contributed by atoms with Crippen molar-refractivity contribution in [3.05, 3.63) is 0 Å². The number of methoxy groups -OCH3 is 1. The second-order valence-electron chi connectivity index (χ2n) is 4.84. The Hall–Kier alpha value is -1.10. The molecular formula is C12H22N2O3. The maximum absolute atomic E-state index is 12.3. The number of nitrogens with zero attached hydrogens (tertiary/aromatic N) is 1. The van der Waals surface area contributed by atoms with Crippen LogP contribution in [0.3, 0.4) is 0 Å². The first-order valence-corrected chi connectivity index (χ1v) is 6.08. The molecule has 1 fully saturated rings. The van der Waals surface area contributed by atoms with Gasteiger partial charge in [0.25, 0.3) is 0 Å². The third kappa shape index (κ3) is 2.97. The lowest BCUT2D eigenvalue weighted by molar-refractivity contribution is -0.152. The summed E-state index contributed by atoms with van der Waals surface area (Å²) in [4.78, 5) is 25.6. The molecule has 1 saturated heterocycles. The average molecular weight is 242 g/mol. The van der Waals surface area contributed by atoms with E-state index in [9.17, 15) is 9.59 Å². The van der Waals surface area contributed by atoms with Crippen LogP contribution in [0.15, 0.2) is 0 Å². The van der Waals surface area contributed by atoms with Crippen LogP contribution in [0.2, 0.25) is 0 Å². The maximum Gasteiger partial charge on any atom is 0.328 e. The number of ether oxygens (including phenoxy) is 1. The highest BCUT2D eigenvalue weighted by atomic mass is 16.5. The first kappa shape index (κ1) is 14.0. The van der Waals surface area contributed by atoms with Crippen LogP contribution in [0, 0.1) is 0 Å². The van der Waals surface area contributed by atoms with Crippen LogP contribution >= 0.6 is 0 Å². The number of carbonyl (C=O) groups excluding carboxylic acids is 2. The number of hydrogen-bond acceptors (Lipinski definition) is 4. The largest absolute Gasteiger partial charge is 0.467 e. The molecule has 0 aliphatic carbocycles. The van der Waals surface area contributed by atoms with Gasteiger partial charge in [-0.2, -0.15) is 0 Å². The fourth-order valence-electron chi connectivity index (χ4n) is 2.27. The second kappa shape index (κ2) is 5.49. The number of nitrogens with one attached hydrogen (secondary N) is 1. The monoisotopic (exact) mass is 242 g/mol. The summed E-state index contributed by atoms with van der Waals surface area (Å²) in [5, 5.41) is 3.13. The minimum Gasteiger partial charge on any atom is -0.467 e. The molecule has 0 spiro atoms. The number of hydrogen-bond donors (Lipinski definition) is 1. The van der Waals surface area contributed by atoms with Crippen LogP contribution in [0.5, 0.6) is 0 Å². The number of likely N-dealkylation sites (tertiary alicyclic amines) is 1. The predicted octanol–water partition coefficient (Wildman–Crippen LogP) is 0.539. The number of carbonyl (C=O) groups is 2. The summed E-state index contributed by atoms with van der Waals surface area (Å²) in [5.74, 6) is -0.351. The van der Waals surface area contributed by atoms with Crippen molar-refractivity contribution >= 4 is 11.9 Å². The van der Waals surface area contributed by atoms with Gasteiger partial charge in [0.1, 0.15) is 6.04 Å². The Balaban J connectivity index is 2.77. The number of amides is 1. The molecule has 1 atom stereocenters. The van der Waals surface area contributed by atoms with Crippen LogP contribution in [0.25, 0.3) is 0 Å². The molecule has 0 aromatic rings. The molecular weight excluding hydrogens is 220 g/mol. The molecule has 0 saturated carbocycles. The molecule has 5 heteroatoms. The fraction of sp³-hybridized carbons (Fsp3) is 0.833. The Morgan fingerprint density at radius 3 is 2.65 bits per heavy atom. The minimum absolute atomic E-state index is 0.0350. The summed E-state index contributed by atoms with van der Waals surface area (Å²) < 4.78 is 4.73. The minimum atomic E-state index is -0.634. The molecule has 0 bridgehead atoms. The molecule has 5 nitrogen and oxygen atoms in total. The molecule has 1 rings (SSSR count). The van der Waals surface area contributed by atoms with Crippen LogP contribution in [0.4, 0.5) is 0 Å². The van der Waals surface area contributed by atoms with Crippen molar-refractivity contribution in [2.24, 2.45) is 0 Å². The third-order valence-corrected chi connectivity index (χ3v) is 3.14. The second-order valence-corrected chi connectivity index (χ2v) is 4.84. The molecule has 1 N–H and O–H groups in total. The highest BCUT2D eigenvalue weighted by molar-refractivity contribution is 5.90. The zero-order valence-electron chi connectivity index (χ0n) is 11.1. The molecule has 1 aliphatic rings. The Kier molecular flexibility index (Phi) is 4.51. The van der Waals surface area contributed by atoms with Crippen LogP contribution < -0.4 is 5.32 Å². The summed E-state index contributed by atoms with van der Waals surface area (Å²) in [6.45, 7) is 6.98. The van der Waals surface area contributed by atoms with Gasteiger partial charge in [0, 0.05) is 6.54 Å². The smallest absolute Gasteiger partial charge is 0.328 e. The van der Waals surface area contributed by atoms with Gasteiger partial charge < -0.3 is 15.0 Å². The fourth-order valence-corrected chi connectivity index (χ4v) is 2.27. The van der Waals surface area contributed by atoms with Gasteiger partial charge in [0.15, 0.2) is 0 Å². The molecule has 0 aromatic heterocycles. The molecule has 0 aromatic carbocycles. The molecule has 98 valence electrons. The van der Waals surface area contributed by atoms with Gasteiger partial charge in [-0.05, 0) is 33.2 Å². The Labute approximate surface area is 102 Å². The van der Waals surface area contributed by atoms with E-state index in [0.29, 0.717) is 13.0 Å². The maximum atomic E-state index is 12.3. The van der Waals surface area contributed by atoms with Crippen LogP contribution in [-0.2, 0) is 14.3 Å². The normalized spacial score (nSPS) is 20.5. The first-order valence-electron chi connectivity index (χ1n) is 6.08. The van der Waals surface area contributed by atoms with E-state index in [4.69, 9.17) is 4.74 Å². The highest BCUT2D eigenvalue weighted by Gasteiger charge is 2.40. The lowest BCUT2D eigenvalue weighted by atomic mass is 10.0. The van der Waals surface area contributed by atoms with Gasteiger partial charge in [-0.1, -0.05) is 6.92 Å². The van der Waals surface area contributed by atoms with Crippen molar-refractivity contribution in [1.82, 2.24) is 10.2 Å². The molecule has 17 heavy (non-hydrogen) atoms. The molecule has 1 aliphatic heterocycles. The number of esters is 1. The molecule has 1 unspecified atom stereocenters. The van der Waals surface area contributed by atoms with Crippen molar-refractivity contribution in [3.8, 4) is 0 Å². The van der Waals surface area contributed by atoms with Gasteiger partial charge in [-0.3, -0.25) is 4.79 Å². The standard InChI is InChI=1S/C12H22N2O3/c1-5-13-12(2,3)11(16)14-8-6-7-9(14)10(15)17-4/h9,13H,5-8H2,1-4H3. The van der Waals surface area contributed by atoms with E-state index < -0.39 is 11.6 Å². The van der Waals surface area contributed by atoms with E-state index in [-0.39, 0.29) is 11.9 Å². The van der Waals surface area contributed by atoms with Crippen molar-refractivity contribution in [2.75, 3.05) is 20.2 Å². The summed E-state index contributed by atoms with van der Waals surface area (Å²) in [5.41, 5.74) is -0.634. The lowest BCUT2D eigenvalue weighted by Gasteiger charge is -2.32. The van der Waals surface area contributed by atoms with E-state index in [1.54, 1.807) is 4.90 Å². The van der Waals surface area contributed by atoms with Crippen molar-refractivity contribution in [2.45, 2.75) is 45.2 Å². The van der Waals surface area contributed by atoms with Gasteiger partial charge in [0.05, 0.1) is 12.6 Å². The molecule has 1 heterocycles. The Bertz CT molecular complexity index is 302. The van der Waals surface area contributed by atoms with Gasteiger partial charge in [0.2, 0.25) is 5.91 Å². The van der Waals surface area contributed by atoms with E-state index >= 15 is 0 Å². The van der Waals surface area contributed by atoms with Gasteiger partial charge in [-0.25, -0.2) is 4.79 Å². The molecule has 0 radical (unpaired) electrons. The SMILES string of the molecule is CCNC(C)(C)C(=O)N1CCCC1C(=O)OC. The lowest BCUT2D eigenvalue weighted by Crippen LogP contribution is -2.56. The zero-order valence-corrected chi connectivity index (χ0v) is 11.1. The van der Waals surface area contributed by atoms with Crippen LogP contribution in [-0.4, -0.2) is 48.6 Å². The summed E-state index contributed by atoms with van der Waals surface area (Å²) in [7, 11) is 1.36. The topological polar surface area (TPSA) is 58.6 Å². The summed E-state index contributed by atoms with van der Waals surface area (Å²) >= 11 is 0. The van der Waals surface area contributed by atoms with Crippen molar-refractivity contribution < 1.29 is 14.3 Å². The molecule has 1 amide bonds. The summed E-state index contributed by atoms with van der Waals surface area (Å²) in [6.07, 6.45) is 1.55. The van der Waals surface area contributed by atoms with E-state index in [0.717, 1.165) is 13.0 Å². The summed E-state index contributed by atoms with van der Waals surface area (Å²) in [6, 6.07) is -0.412. The van der Waals surface area contributed by atoms with Gasteiger partial charge in [-0.15, -0.1) is 0 Å². The van der Waals surface area contributed by atoms with Gasteiger partial charge >= 0.3 is 5.97 Å². The van der Waals surface area contributed by atoms with Crippen molar-refractivity contribution in [3.63, 3.8) is 0 Å². The number of rotatable bonds is 4. The number of likely N-dealkylation sites (N-methyl/N-ethyl adjacent to an activating group) is 1. The zero-order chi connectivity index (χ0) is 13.1. The quantitative estimate of drug-likeness (QED) is 0.731. The Morgan fingerprint density at radius 1 is 1.47 bits per heavy atom. The Morgan fingerprint density at radius 2 is 2.12 bits per heavy atom. The van der Waals surface area contributed by atoms with E-state index in [2.05, 4.69) is 5.32 Å². The highest BCUT2D eigenvalue weighted by Crippen LogP contribution is 2.22. The van der Waals surface area contributed by atoms with Crippen LogP contribution in [0.1, 0.15) is 33.6 Å². The van der Waals surface area contributed by atoms with E-state index in [1.807, 2.05) is 20.8 Å². The van der Waals surface area contributed by atoms with E-state index in [1.165, 1.54) is 7.11 Å². The van der Waals surface area contributed by atoms with Crippen molar-refractivity contribution in [1.29, 1.82) is 0 Å².